The molecule has 0 fully saturated rings. The first-order chi connectivity index (χ1) is 11.2. The van der Waals surface area contributed by atoms with Gasteiger partial charge < -0.3 is 19.9 Å². The molecule has 0 heterocycles. The average molecular weight is 315 g/mol. The van der Waals surface area contributed by atoms with E-state index < -0.39 is 0 Å². The fraction of sp³-hybridized carbons (Fsp3) is 0.368. The highest BCUT2D eigenvalue weighted by Gasteiger charge is 2.02. The number of unbranched alkanes of at least 4 members (excludes halogenated alkanes) is 1. The molecule has 0 unspecified atom stereocenters. The van der Waals surface area contributed by atoms with Crippen LogP contribution in [0.2, 0.25) is 0 Å². The van der Waals surface area contributed by atoms with Crippen molar-refractivity contribution in [3.63, 3.8) is 0 Å². The van der Waals surface area contributed by atoms with Crippen molar-refractivity contribution in [2.24, 2.45) is 0 Å². The minimum atomic E-state index is 0.664. The Kier molecular flexibility index (Phi) is 6.60. The van der Waals surface area contributed by atoms with Crippen molar-refractivity contribution in [2.75, 3.05) is 25.6 Å². The molecule has 2 N–H and O–H groups in total. The summed E-state index contributed by atoms with van der Waals surface area (Å²) in [6.45, 7) is 5.95. The predicted octanol–water partition coefficient (Wildman–Crippen LogP) is 4.21. The third kappa shape index (κ3) is 5.40. The molecule has 0 aliphatic heterocycles. The second-order valence-electron chi connectivity index (χ2n) is 5.28. The maximum Gasteiger partial charge on any atom is 0.124 e. The van der Waals surface area contributed by atoms with Gasteiger partial charge in [0.2, 0.25) is 0 Å². The highest BCUT2D eigenvalue weighted by Crippen LogP contribution is 2.23. The van der Waals surface area contributed by atoms with Crippen LogP contribution < -0.4 is 19.9 Å². The number of rotatable bonds is 9. The zero-order chi connectivity index (χ0) is 16.5. The van der Waals surface area contributed by atoms with Gasteiger partial charge in [0, 0.05) is 11.3 Å². The van der Waals surface area contributed by atoms with Crippen LogP contribution in [0.3, 0.4) is 0 Å². The number of benzene rings is 2. The summed E-state index contributed by atoms with van der Waals surface area (Å²) in [4.78, 5) is 0. The third-order valence-corrected chi connectivity index (χ3v) is 3.53. The van der Waals surface area contributed by atoms with E-state index in [1.807, 2.05) is 56.3 Å². The largest absolute Gasteiger partial charge is 0.494 e. The molecule has 0 spiro atoms. The molecule has 2 rings (SSSR count). The van der Waals surface area contributed by atoms with Gasteiger partial charge in [-0.05, 0) is 63.1 Å². The van der Waals surface area contributed by atoms with Crippen molar-refractivity contribution in [1.29, 1.82) is 0 Å². The molecular weight excluding hydrogens is 290 g/mol. The van der Waals surface area contributed by atoms with Crippen LogP contribution in [0.25, 0.3) is 0 Å². The Hall–Kier alpha value is -2.36. The summed E-state index contributed by atoms with van der Waals surface area (Å²) in [7, 11) is 0. The van der Waals surface area contributed by atoms with E-state index in [2.05, 4.69) is 0 Å². The number of ether oxygens (including phenoxy) is 3. The number of nitrogens with two attached hydrogens (primary N) is 1. The lowest BCUT2D eigenvalue weighted by Crippen LogP contribution is -2.04. The molecule has 124 valence electrons. The molecule has 0 aromatic heterocycles. The minimum Gasteiger partial charge on any atom is -0.494 e. The molecule has 2 aromatic rings. The van der Waals surface area contributed by atoms with Crippen LogP contribution in [0, 0.1) is 6.92 Å². The van der Waals surface area contributed by atoms with Gasteiger partial charge >= 0.3 is 0 Å². The van der Waals surface area contributed by atoms with Crippen LogP contribution in [-0.2, 0) is 0 Å². The second kappa shape index (κ2) is 8.93. The standard InChI is InChI=1S/C19H25NO3/c1-3-21-16-9-11-17(12-10-16)22-13-4-5-14-23-19-8-6-7-18(20)15(19)2/h6-12H,3-5,13-14,20H2,1-2H3. The lowest BCUT2D eigenvalue weighted by Gasteiger charge is -2.11. The molecule has 0 atom stereocenters. The van der Waals surface area contributed by atoms with Crippen molar-refractivity contribution in [2.45, 2.75) is 26.7 Å². The SMILES string of the molecule is CCOc1ccc(OCCCCOc2cccc(N)c2C)cc1. The summed E-state index contributed by atoms with van der Waals surface area (Å²) >= 11 is 0. The van der Waals surface area contributed by atoms with Gasteiger partial charge in [-0.15, -0.1) is 0 Å². The van der Waals surface area contributed by atoms with E-state index in [0.29, 0.717) is 19.8 Å². The maximum atomic E-state index is 5.86. The summed E-state index contributed by atoms with van der Waals surface area (Å²) in [5, 5.41) is 0. The summed E-state index contributed by atoms with van der Waals surface area (Å²) in [5.41, 5.74) is 7.62. The summed E-state index contributed by atoms with van der Waals surface area (Å²) in [5.74, 6) is 2.59. The third-order valence-electron chi connectivity index (χ3n) is 3.53. The van der Waals surface area contributed by atoms with Gasteiger partial charge in [0.1, 0.15) is 17.2 Å². The van der Waals surface area contributed by atoms with Crippen molar-refractivity contribution in [1.82, 2.24) is 0 Å². The number of anilines is 1. The molecule has 0 saturated carbocycles. The monoisotopic (exact) mass is 315 g/mol. The van der Waals surface area contributed by atoms with E-state index in [0.717, 1.165) is 41.3 Å². The maximum absolute atomic E-state index is 5.86. The zero-order valence-electron chi connectivity index (χ0n) is 13.9. The molecule has 2 aromatic carbocycles. The molecular formula is C19H25NO3. The van der Waals surface area contributed by atoms with E-state index in [-0.39, 0.29) is 0 Å². The summed E-state index contributed by atoms with van der Waals surface area (Å²) in [6, 6.07) is 13.4. The Morgan fingerprint density at radius 1 is 0.826 bits per heavy atom. The predicted molar refractivity (Wildman–Crippen MR) is 93.4 cm³/mol. The molecule has 23 heavy (non-hydrogen) atoms. The van der Waals surface area contributed by atoms with Gasteiger partial charge in [-0.2, -0.15) is 0 Å². The van der Waals surface area contributed by atoms with Gasteiger partial charge in [0.25, 0.3) is 0 Å². The Bertz CT molecular complexity index is 596. The van der Waals surface area contributed by atoms with Gasteiger partial charge in [-0.1, -0.05) is 6.07 Å². The van der Waals surface area contributed by atoms with E-state index in [9.17, 15) is 0 Å². The first-order valence-electron chi connectivity index (χ1n) is 8.04. The molecule has 4 nitrogen and oxygen atoms in total. The number of hydrogen-bond donors (Lipinski definition) is 1. The van der Waals surface area contributed by atoms with Crippen LogP contribution in [0.1, 0.15) is 25.3 Å². The highest BCUT2D eigenvalue weighted by atomic mass is 16.5. The molecule has 0 aliphatic carbocycles. The molecule has 0 amide bonds. The van der Waals surface area contributed by atoms with E-state index in [1.165, 1.54) is 0 Å². The van der Waals surface area contributed by atoms with E-state index in [1.54, 1.807) is 0 Å². The van der Waals surface area contributed by atoms with Gasteiger partial charge in [0.05, 0.1) is 19.8 Å². The lowest BCUT2D eigenvalue weighted by atomic mass is 10.2. The Balaban J connectivity index is 1.63. The van der Waals surface area contributed by atoms with Gasteiger partial charge in [-0.25, -0.2) is 0 Å². The summed E-state index contributed by atoms with van der Waals surface area (Å²) < 4.78 is 16.9. The van der Waals surface area contributed by atoms with E-state index in [4.69, 9.17) is 19.9 Å². The topological polar surface area (TPSA) is 53.7 Å². The summed E-state index contributed by atoms with van der Waals surface area (Å²) in [6.07, 6.45) is 1.87. The van der Waals surface area contributed by atoms with Crippen LogP contribution in [0.15, 0.2) is 42.5 Å². The fourth-order valence-electron chi connectivity index (χ4n) is 2.16. The van der Waals surface area contributed by atoms with Crippen LogP contribution in [0.5, 0.6) is 17.2 Å². The zero-order valence-corrected chi connectivity index (χ0v) is 13.9. The molecule has 0 radical (unpaired) electrons. The number of hydrogen-bond acceptors (Lipinski definition) is 4. The fourth-order valence-corrected chi connectivity index (χ4v) is 2.16. The molecule has 0 saturated heterocycles. The van der Waals surface area contributed by atoms with Crippen molar-refractivity contribution in [3.05, 3.63) is 48.0 Å². The molecule has 0 aliphatic rings. The van der Waals surface area contributed by atoms with Crippen LogP contribution in [0.4, 0.5) is 5.69 Å². The molecule has 0 bridgehead atoms. The van der Waals surface area contributed by atoms with Gasteiger partial charge in [-0.3, -0.25) is 0 Å². The average Bonchev–Trinajstić information content (AvgIpc) is 2.56. The Morgan fingerprint density at radius 3 is 2.09 bits per heavy atom. The smallest absolute Gasteiger partial charge is 0.124 e. The van der Waals surface area contributed by atoms with Crippen LogP contribution >= 0.6 is 0 Å². The van der Waals surface area contributed by atoms with Crippen molar-refractivity contribution >= 4 is 5.69 Å². The van der Waals surface area contributed by atoms with Gasteiger partial charge in [0.15, 0.2) is 0 Å². The quantitative estimate of drug-likeness (QED) is 0.556. The van der Waals surface area contributed by atoms with Crippen molar-refractivity contribution in [3.8, 4) is 17.2 Å². The van der Waals surface area contributed by atoms with E-state index >= 15 is 0 Å². The normalized spacial score (nSPS) is 10.3. The second-order valence-corrected chi connectivity index (χ2v) is 5.28. The lowest BCUT2D eigenvalue weighted by molar-refractivity contribution is 0.265. The van der Waals surface area contributed by atoms with Crippen molar-refractivity contribution < 1.29 is 14.2 Å². The molecule has 4 heteroatoms. The van der Waals surface area contributed by atoms with Crippen LogP contribution in [-0.4, -0.2) is 19.8 Å². The number of nitrogen functional groups attached to an aromatic ring is 1. The Labute approximate surface area is 138 Å². The first kappa shape index (κ1) is 17.0. The Morgan fingerprint density at radius 2 is 1.43 bits per heavy atom. The highest BCUT2D eigenvalue weighted by molar-refractivity contribution is 5.53. The minimum absolute atomic E-state index is 0.664. The first-order valence-corrected chi connectivity index (χ1v) is 8.04.